The van der Waals surface area contributed by atoms with E-state index in [1.54, 1.807) is 11.3 Å². The van der Waals surface area contributed by atoms with Crippen molar-refractivity contribution in [1.82, 2.24) is 10.2 Å². The van der Waals surface area contributed by atoms with Crippen LogP contribution in [0.4, 0.5) is 5.69 Å². The average molecular weight is 388 g/mol. The predicted molar refractivity (Wildman–Crippen MR) is 118 cm³/mol. The molecular formula is C23H21N3OS. The SMILES string of the molecule is Cc1cccc(/C=C/c2n[nH]c3cc(C)c(NC(=O)Cc4cccs4)cc23)c1. The summed E-state index contributed by atoms with van der Waals surface area (Å²) in [5, 5.41) is 13.5. The Bertz CT molecular complexity index is 1160. The number of aromatic nitrogens is 2. The number of carbonyl (C=O) groups is 1. The highest BCUT2D eigenvalue weighted by Crippen LogP contribution is 2.26. The first kappa shape index (κ1) is 18.2. The van der Waals surface area contributed by atoms with Gasteiger partial charge in [-0.15, -0.1) is 11.3 Å². The number of benzene rings is 2. The molecule has 4 rings (SSSR count). The van der Waals surface area contributed by atoms with E-state index >= 15 is 0 Å². The van der Waals surface area contributed by atoms with Crippen LogP contribution in [0.5, 0.6) is 0 Å². The summed E-state index contributed by atoms with van der Waals surface area (Å²) in [6.45, 7) is 4.07. The first-order valence-electron chi connectivity index (χ1n) is 9.14. The summed E-state index contributed by atoms with van der Waals surface area (Å²) in [4.78, 5) is 13.4. The second-order valence-corrected chi connectivity index (χ2v) is 7.91. The Morgan fingerprint density at radius 2 is 2.04 bits per heavy atom. The standard InChI is InChI=1S/C23H21N3OS/c1-15-5-3-6-17(11-15)8-9-20-19-14-21(16(2)12-22(19)26-25-20)24-23(27)13-18-7-4-10-28-18/h3-12,14H,13H2,1-2H3,(H,24,27)(H,25,26)/b9-8+. The minimum atomic E-state index is -0.00903. The molecule has 4 aromatic rings. The molecule has 0 aliphatic carbocycles. The van der Waals surface area contributed by atoms with Gasteiger partial charge >= 0.3 is 0 Å². The molecule has 2 heterocycles. The van der Waals surface area contributed by atoms with E-state index in [4.69, 9.17) is 0 Å². The second kappa shape index (κ2) is 7.82. The number of fused-ring (bicyclic) bond motifs is 1. The number of thiophene rings is 1. The Labute approximate surface area is 167 Å². The molecule has 1 amide bonds. The van der Waals surface area contributed by atoms with Crippen LogP contribution in [0, 0.1) is 13.8 Å². The van der Waals surface area contributed by atoms with Crippen LogP contribution in [-0.4, -0.2) is 16.1 Å². The Kier molecular flexibility index (Phi) is 5.08. The minimum Gasteiger partial charge on any atom is -0.326 e. The number of anilines is 1. The van der Waals surface area contributed by atoms with E-state index in [1.807, 2.05) is 48.7 Å². The van der Waals surface area contributed by atoms with Crippen LogP contribution in [0.1, 0.15) is 27.3 Å². The summed E-state index contributed by atoms with van der Waals surface area (Å²) in [7, 11) is 0. The Morgan fingerprint density at radius 3 is 2.82 bits per heavy atom. The van der Waals surface area contributed by atoms with Crippen molar-refractivity contribution in [3.63, 3.8) is 0 Å². The van der Waals surface area contributed by atoms with Crippen LogP contribution in [0.3, 0.4) is 0 Å². The van der Waals surface area contributed by atoms with Crippen molar-refractivity contribution in [3.05, 3.63) is 81.2 Å². The number of hydrogen-bond acceptors (Lipinski definition) is 3. The van der Waals surface area contributed by atoms with Gasteiger partial charge in [0.25, 0.3) is 0 Å². The Hall–Kier alpha value is -3.18. The van der Waals surface area contributed by atoms with E-state index in [1.165, 1.54) is 5.56 Å². The fourth-order valence-electron chi connectivity index (χ4n) is 3.17. The summed E-state index contributed by atoms with van der Waals surface area (Å²) < 4.78 is 0. The molecule has 2 N–H and O–H groups in total. The lowest BCUT2D eigenvalue weighted by atomic mass is 10.1. The smallest absolute Gasteiger partial charge is 0.229 e. The van der Waals surface area contributed by atoms with Gasteiger partial charge in [0.2, 0.25) is 5.91 Å². The summed E-state index contributed by atoms with van der Waals surface area (Å²) in [6.07, 6.45) is 4.44. The fraction of sp³-hybridized carbons (Fsp3) is 0.130. The molecule has 2 aromatic carbocycles. The normalized spacial score (nSPS) is 11.4. The van der Waals surface area contributed by atoms with Crippen molar-refractivity contribution in [2.75, 3.05) is 5.32 Å². The Balaban J connectivity index is 1.59. The highest BCUT2D eigenvalue weighted by molar-refractivity contribution is 7.10. The molecule has 0 unspecified atom stereocenters. The second-order valence-electron chi connectivity index (χ2n) is 6.87. The zero-order chi connectivity index (χ0) is 19.5. The number of hydrogen-bond donors (Lipinski definition) is 2. The summed E-state index contributed by atoms with van der Waals surface area (Å²) >= 11 is 1.59. The molecule has 0 fully saturated rings. The van der Waals surface area contributed by atoms with Crippen LogP contribution < -0.4 is 5.32 Å². The van der Waals surface area contributed by atoms with E-state index in [-0.39, 0.29) is 5.91 Å². The van der Waals surface area contributed by atoms with E-state index in [0.29, 0.717) is 6.42 Å². The van der Waals surface area contributed by atoms with Gasteiger partial charge in [-0.1, -0.05) is 42.0 Å². The number of carbonyl (C=O) groups excluding carboxylic acids is 1. The highest BCUT2D eigenvalue weighted by Gasteiger charge is 2.11. The zero-order valence-electron chi connectivity index (χ0n) is 15.8. The maximum Gasteiger partial charge on any atom is 0.229 e. The minimum absolute atomic E-state index is 0.00903. The van der Waals surface area contributed by atoms with E-state index in [2.05, 4.69) is 46.7 Å². The molecule has 0 aliphatic heterocycles. The molecule has 0 aliphatic rings. The van der Waals surface area contributed by atoms with Crippen LogP contribution in [0.25, 0.3) is 23.1 Å². The van der Waals surface area contributed by atoms with Gasteiger partial charge in [0.1, 0.15) is 0 Å². The average Bonchev–Trinajstić information content (AvgIpc) is 3.30. The van der Waals surface area contributed by atoms with E-state index < -0.39 is 0 Å². The van der Waals surface area contributed by atoms with Gasteiger partial charge in [-0.3, -0.25) is 9.89 Å². The molecule has 140 valence electrons. The van der Waals surface area contributed by atoms with Gasteiger partial charge in [0, 0.05) is 16.0 Å². The van der Waals surface area contributed by atoms with Crippen molar-refractivity contribution < 1.29 is 4.79 Å². The summed E-state index contributed by atoms with van der Waals surface area (Å²) in [6, 6.07) is 16.3. The molecule has 0 spiro atoms. The molecule has 28 heavy (non-hydrogen) atoms. The number of nitrogens with one attached hydrogen (secondary N) is 2. The largest absolute Gasteiger partial charge is 0.326 e. The maximum atomic E-state index is 12.4. The highest BCUT2D eigenvalue weighted by atomic mass is 32.1. The van der Waals surface area contributed by atoms with Gasteiger partial charge in [-0.05, 0) is 54.6 Å². The van der Waals surface area contributed by atoms with Crippen LogP contribution >= 0.6 is 11.3 Å². The fourth-order valence-corrected chi connectivity index (χ4v) is 3.87. The molecule has 0 saturated heterocycles. The third-order valence-corrected chi connectivity index (χ3v) is 5.48. The molecule has 4 nitrogen and oxygen atoms in total. The van der Waals surface area contributed by atoms with Gasteiger partial charge in [0.15, 0.2) is 0 Å². The first-order valence-corrected chi connectivity index (χ1v) is 10.0. The molecule has 5 heteroatoms. The number of rotatable bonds is 5. The van der Waals surface area contributed by atoms with Crippen molar-refractivity contribution in [1.29, 1.82) is 0 Å². The van der Waals surface area contributed by atoms with Gasteiger partial charge < -0.3 is 5.32 Å². The van der Waals surface area contributed by atoms with Crippen LogP contribution in [0.15, 0.2) is 53.9 Å². The molecule has 0 bridgehead atoms. The van der Waals surface area contributed by atoms with E-state index in [0.717, 1.165) is 38.3 Å². The zero-order valence-corrected chi connectivity index (χ0v) is 16.6. The quantitative estimate of drug-likeness (QED) is 0.469. The molecule has 0 saturated carbocycles. The Morgan fingerprint density at radius 1 is 1.14 bits per heavy atom. The number of nitrogens with zero attached hydrogens (tertiary/aromatic N) is 1. The third-order valence-electron chi connectivity index (χ3n) is 4.60. The van der Waals surface area contributed by atoms with Crippen LogP contribution in [-0.2, 0) is 11.2 Å². The van der Waals surface area contributed by atoms with Gasteiger partial charge in [-0.25, -0.2) is 0 Å². The lowest BCUT2D eigenvalue weighted by Crippen LogP contribution is -2.14. The number of aryl methyl sites for hydroxylation is 2. The van der Waals surface area contributed by atoms with Crippen molar-refractivity contribution in [2.24, 2.45) is 0 Å². The summed E-state index contributed by atoms with van der Waals surface area (Å²) in [5.74, 6) is -0.00903. The van der Waals surface area contributed by atoms with Crippen molar-refractivity contribution >= 4 is 46.0 Å². The van der Waals surface area contributed by atoms with Crippen LogP contribution in [0.2, 0.25) is 0 Å². The number of aromatic amines is 1. The monoisotopic (exact) mass is 387 g/mol. The van der Waals surface area contributed by atoms with Gasteiger partial charge in [-0.2, -0.15) is 5.10 Å². The van der Waals surface area contributed by atoms with Crippen molar-refractivity contribution in [3.8, 4) is 0 Å². The lowest BCUT2D eigenvalue weighted by Gasteiger charge is -2.08. The molecule has 2 aromatic heterocycles. The van der Waals surface area contributed by atoms with Gasteiger partial charge in [0.05, 0.1) is 17.6 Å². The third kappa shape index (κ3) is 4.05. The predicted octanol–water partition coefficient (Wildman–Crippen LogP) is 5.59. The first-order chi connectivity index (χ1) is 13.6. The number of amides is 1. The molecular weight excluding hydrogens is 366 g/mol. The molecule has 0 radical (unpaired) electrons. The number of H-pyrrole nitrogens is 1. The molecule has 0 atom stereocenters. The lowest BCUT2D eigenvalue weighted by molar-refractivity contribution is -0.115. The summed E-state index contributed by atoms with van der Waals surface area (Å²) in [5.41, 5.74) is 5.99. The van der Waals surface area contributed by atoms with E-state index in [9.17, 15) is 4.79 Å². The maximum absolute atomic E-state index is 12.4. The van der Waals surface area contributed by atoms with Crippen molar-refractivity contribution in [2.45, 2.75) is 20.3 Å². The topological polar surface area (TPSA) is 57.8 Å².